The third kappa shape index (κ3) is 4.05. The van der Waals surface area contributed by atoms with Gasteiger partial charge in [-0.25, -0.2) is 13.8 Å². The molecule has 1 fully saturated rings. The summed E-state index contributed by atoms with van der Waals surface area (Å²) in [4.78, 5) is 24.9. The van der Waals surface area contributed by atoms with E-state index in [1.165, 1.54) is 36.4 Å². The Balaban J connectivity index is 1.52. The molecule has 30 heavy (non-hydrogen) atoms. The average Bonchev–Trinajstić information content (AvgIpc) is 3.02. The summed E-state index contributed by atoms with van der Waals surface area (Å²) in [5.74, 6) is -1.45. The van der Waals surface area contributed by atoms with E-state index in [2.05, 4.69) is 5.43 Å². The number of hydrogen-bond acceptors (Lipinski definition) is 3. The van der Waals surface area contributed by atoms with E-state index < -0.39 is 17.6 Å². The van der Waals surface area contributed by atoms with Crippen LogP contribution in [0.2, 0.25) is 0 Å². The number of amides is 2. The van der Waals surface area contributed by atoms with E-state index in [1.807, 2.05) is 0 Å². The lowest BCUT2D eigenvalue weighted by Crippen LogP contribution is -2.35. The number of benzene rings is 3. The van der Waals surface area contributed by atoms with E-state index in [4.69, 9.17) is 4.74 Å². The lowest BCUT2D eigenvalue weighted by Gasteiger charge is -2.14. The van der Waals surface area contributed by atoms with Crippen molar-refractivity contribution in [2.24, 2.45) is 0 Å². The third-order valence-electron chi connectivity index (χ3n) is 4.50. The molecule has 1 heterocycles. The van der Waals surface area contributed by atoms with Crippen molar-refractivity contribution in [1.82, 2.24) is 5.43 Å². The number of nitrogens with zero attached hydrogens (tertiary/aromatic N) is 1. The second-order valence-electron chi connectivity index (χ2n) is 6.57. The highest BCUT2D eigenvalue weighted by Gasteiger charge is 2.34. The number of anilines is 1. The molecule has 2 amide bonds. The molecule has 0 radical (unpaired) electrons. The first-order valence-electron chi connectivity index (χ1n) is 9.10. The molecule has 0 atom stereocenters. The normalized spacial score (nSPS) is 14.9. The molecule has 3 aromatic carbocycles. The van der Waals surface area contributed by atoms with E-state index in [9.17, 15) is 18.4 Å². The minimum absolute atomic E-state index is 0.0461. The Labute approximate surface area is 171 Å². The zero-order valence-electron chi connectivity index (χ0n) is 15.6. The van der Waals surface area contributed by atoms with Crippen molar-refractivity contribution in [3.8, 4) is 5.75 Å². The van der Waals surface area contributed by atoms with Crippen molar-refractivity contribution < 1.29 is 23.1 Å². The topological polar surface area (TPSA) is 58.6 Å². The molecule has 150 valence electrons. The molecule has 1 saturated heterocycles. The van der Waals surface area contributed by atoms with Gasteiger partial charge in [-0.3, -0.25) is 15.0 Å². The summed E-state index contributed by atoms with van der Waals surface area (Å²) in [6.45, 7) is 0.0461. The Kier molecular flexibility index (Phi) is 5.26. The van der Waals surface area contributed by atoms with Crippen molar-refractivity contribution >= 4 is 23.6 Å². The first-order chi connectivity index (χ1) is 14.5. The number of rotatable bonds is 5. The number of carbonyl (C=O) groups is 2. The lowest BCUT2D eigenvalue weighted by molar-refractivity contribution is -0.117. The highest BCUT2D eigenvalue weighted by atomic mass is 19.1. The van der Waals surface area contributed by atoms with Gasteiger partial charge in [0.2, 0.25) is 0 Å². The van der Waals surface area contributed by atoms with Crippen LogP contribution in [0.5, 0.6) is 5.75 Å². The van der Waals surface area contributed by atoms with Crippen LogP contribution in [-0.4, -0.2) is 11.8 Å². The standard InChI is InChI=1S/C23H16F2N2O3/c24-17-8-10-18(11-9-17)27-23(29)20(22(28)26-27)13-15-4-3-6-19(12-15)30-14-16-5-1-2-7-21(16)25/h1-13H,14H2,(H,26,28)/b20-13+. The van der Waals surface area contributed by atoms with E-state index in [1.54, 1.807) is 42.5 Å². The van der Waals surface area contributed by atoms with Crippen molar-refractivity contribution in [3.63, 3.8) is 0 Å². The largest absolute Gasteiger partial charge is 0.489 e. The summed E-state index contributed by atoms with van der Waals surface area (Å²) in [7, 11) is 0. The number of carbonyl (C=O) groups excluding carboxylic acids is 2. The lowest BCUT2D eigenvalue weighted by atomic mass is 10.1. The molecule has 1 aliphatic heterocycles. The van der Waals surface area contributed by atoms with Gasteiger partial charge in [-0.15, -0.1) is 0 Å². The van der Waals surface area contributed by atoms with E-state index in [0.717, 1.165) is 5.01 Å². The Morgan fingerprint density at radius 1 is 0.933 bits per heavy atom. The van der Waals surface area contributed by atoms with Crippen LogP contribution >= 0.6 is 0 Å². The third-order valence-corrected chi connectivity index (χ3v) is 4.50. The highest BCUT2D eigenvalue weighted by Crippen LogP contribution is 2.23. The van der Waals surface area contributed by atoms with Gasteiger partial charge in [0.25, 0.3) is 11.8 Å². The monoisotopic (exact) mass is 406 g/mol. The van der Waals surface area contributed by atoms with E-state index in [0.29, 0.717) is 22.6 Å². The SMILES string of the molecule is O=C1NN(c2ccc(F)cc2)C(=O)/C1=C/c1cccc(OCc2ccccc2F)c1. The second-order valence-corrected chi connectivity index (χ2v) is 6.57. The van der Waals surface area contributed by atoms with Crippen molar-refractivity contribution in [1.29, 1.82) is 0 Å². The number of halogens is 2. The Bertz CT molecular complexity index is 1140. The predicted molar refractivity (Wildman–Crippen MR) is 107 cm³/mol. The van der Waals surface area contributed by atoms with Gasteiger partial charge in [0, 0.05) is 5.56 Å². The Morgan fingerprint density at radius 2 is 1.70 bits per heavy atom. The summed E-state index contributed by atoms with van der Waals surface area (Å²) < 4.78 is 32.5. The van der Waals surface area contributed by atoms with Crippen LogP contribution < -0.4 is 15.2 Å². The zero-order valence-corrected chi connectivity index (χ0v) is 15.6. The summed E-state index contributed by atoms with van der Waals surface area (Å²) >= 11 is 0. The molecule has 0 spiro atoms. The minimum atomic E-state index is -0.568. The fourth-order valence-electron chi connectivity index (χ4n) is 2.97. The highest BCUT2D eigenvalue weighted by molar-refractivity contribution is 6.31. The van der Waals surface area contributed by atoms with Crippen molar-refractivity contribution in [2.75, 3.05) is 5.01 Å². The molecule has 0 aliphatic carbocycles. The van der Waals surface area contributed by atoms with Crippen molar-refractivity contribution in [2.45, 2.75) is 6.61 Å². The first kappa shape index (κ1) is 19.3. The van der Waals surface area contributed by atoms with Crippen molar-refractivity contribution in [3.05, 3.63) is 101 Å². The predicted octanol–water partition coefficient (Wildman–Crippen LogP) is 4.01. The molecular weight excluding hydrogens is 390 g/mol. The summed E-state index contributed by atoms with van der Waals surface area (Å²) in [6, 6.07) is 18.3. The van der Waals surface area contributed by atoms with Crippen LogP contribution in [0.15, 0.2) is 78.4 Å². The first-order valence-corrected chi connectivity index (χ1v) is 9.10. The Hall–Kier alpha value is -4.00. The molecule has 0 unspecified atom stereocenters. The van der Waals surface area contributed by atoms with Gasteiger partial charge in [-0.05, 0) is 54.1 Å². The molecule has 1 aliphatic rings. The molecule has 0 saturated carbocycles. The maximum atomic E-state index is 13.7. The molecular formula is C23H16F2N2O3. The Morgan fingerprint density at radius 3 is 2.47 bits per heavy atom. The average molecular weight is 406 g/mol. The van der Waals surface area contributed by atoms with Gasteiger partial charge in [-0.2, -0.15) is 0 Å². The van der Waals surface area contributed by atoms with Gasteiger partial charge in [0.1, 0.15) is 29.6 Å². The summed E-state index contributed by atoms with van der Waals surface area (Å²) in [6.07, 6.45) is 1.44. The van der Waals surface area contributed by atoms with Crippen LogP contribution in [0.25, 0.3) is 6.08 Å². The van der Waals surface area contributed by atoms with Crippen LogP contribution in [0.1, 0.15) is 11.1 Å². The van der Waals surface area contributed by atoms with E-state index >= 15 is 0 Å². The van der Waals surface area contributed by atoms with Gasteiger partial charge in [0.05, 0.1) is 5.69 Å². The van der Waals surface area contributed by atoms with Gasteiger partial charge in [-0.1, -0.05) is 30.3 Å². The minimum Gasteiger partial charge on any atom is -0.489 e. The fraction of sp³-hybridized carbons (Fsp3) is 0.0435. The maximum absolute atomic E-state index is 13.7. The molecule has 7 heteroatoms. The zero-order chi connectivity index (χ0) is 21.1. The molecule has 5 nitrogen and oxygen atoms in total. The fourth-order valence-corrected chi connectivity index (χ4v) is 2.97. The van der Waals surface area contributed by atoms with Gasteiger partial charge >= 0.3 is 0 Å². The van der Waals surface area contributed by atoms with Crippen LogP contribution in [-0.2, 0) is 16.2 Å². The number of hydrogen-bond donors (Lipinski definition) is 1. The smallest absolute Gasteiger partial charge is 0.282 e. The number of ether oxygens (including phenoxy) is 1. The summed E-state index contributed by atoms with van der Waals surface area (Å²) in [5.41, 5.74) is 3.73. The van der Waals surface area contributed by atoms with Crippen LogP contribution in [0.4, 0.5) is 14.5 Å². The number of nitrogens with one attached hydrogen (secondary N) is 1. The molecule has 0 aromatic heterocycles. The maximum Gasteiger partial charge on any atom is 0.282 e. The molecule has 0 bridgehead atoms. The van der Waals surface area contributed by atoms with Gasteiger partial charge < -0.3 is 4.74 Å². The number of hydrazine groups is 1. The molecule has 1 N–H and O–H groups in total. The summed E-state index contributed by atoms with van der Waals surface area (Å²) in [5, 5.41) is 1.06. The van der Waals surface area contributed by atoms with Gasteiger partial charge in [0.15, 0.2) is 0 Å². The molecule has 4 rings (SSSR count). The molecule has 3 aromatic rings. The van der Waals surface area contributed by atoms with Crippen LogP contribution in [0, 0.1) is 11.6 Å². The van der Waals surface area contributed by atoms with Crippen LogP contribution in [0.3, 0.4) is 0 Å². The quantitative estimate of drug-likeness (QED) is 0.515. The second kappa shape index (κ2) is 8.16. The van der Waals surface area contributed by atoms with E-state index in [-0.39, 0.29) is 18.0 Å².